The average molecular weight is 298 g/mol. The zero-order chi connectivity index (χ0) is 15.9. The van der Waals surface area contributed by atoms with E-state index in [1.54, 1.807) is 0 Å². The summed E-state index contributed by atoms with van der Waals surface area (Å²) in [5.74, 6) is 0.794. The molecule has 1 amide bonds. The largest absolute Gasteiger partial charge is 0.389 e. The standard InChI is InChI=1S/C17H34N2O2/c1-14(2)8-7-9-15(3)18-16(20)12-19(4)13-17(21)10-5-6-11-17/h14-15,21H,5-13H2,1-4H3,(H,18,20). The van der Waals surface area contributed by atoms with Crippen LogP contribution in [0.5, 0.6) is 0 Å². The van der Waals surface area contributed by atoms with E-state index in [0.717, 1.165) is 44.4 Å². The number of hydrogen-bond donors (Lipinski definition) is 2. The number of carbonyl (C=O) groups is 1. The maximum atomic E-state index is 12.0. The molecule has 4 heteroatoms. The molecule has 0 saturated heterocycles. The van der Waals surface area contributed by atoms with Crippen molar-refractivity contribution in [1.29, 1.82) is 0 Å². The summed E-state index contributed by atoms with van der Waals surface area (Å²) in [5.41, 5.74) is -0.572. The molecular formula is C17H34N2O2. The quantitative estimate of drug-likeness (QED) is 0.688. The third kappa shape index (κ3) is 7.82. The molecule has 1 saturated carbocycles. The zero-order valence-corrected chi connectivity index (χ0v) is 14.3. The molecule has 21 heavy (non-hydrogen) atoms. The van der Waals surface area contributed by atoms with Gasteiger partial charge in [-0.1, -0.05) is 39.5 Å². The fraction of sp³-hybridized carbons (Fsp3) is 0.941. The summed E-state index contributed by atoms with van der Waals surface area (Å²) >= 11 is 0. The van der Waals surface area contributed by atoms with Crippen LogP contribution in [-0.2, 0) is 4.79 Å². The first-order valence-corrected chi connectivity index (χ1v) is 8.51. The molecule has 1 rings (SSSR count). The maximum absolute atomic E-state index is 12.0. The summed E-state index contributed by atoms with van der Waals surface area (Å²) in [6.07, 6.45) is 7.35. The first-order chi connectivity index (χ1) is 9.81. The van der Waals surface area contributed by atoms with Crippen LogP contribution in [-0.4, -0.2) is 47.7 Å². The molecule has 0 bridgehead atoms. The molecule has 0 aliphatic heterocycles. The van der Waals surface area contributed by atoms with Gasteiger partial charge in [0, 0.05) is 12.6 Å². The zero-order valence-electron chi connectivity index (χ0n) is 14.3. The second-order valence-electron chi connectivity index (χ2n) is 7.40. The second-order valence-corrected chi connectivity index (χ2v) is 7.40. The lowest BCUT2D eigenvalue weighted by atomic mass is 10.0. The second kappa shape index (κ2) is 8.74. The Bertz CT molecular complexity index is 312. The van der Waals surface area contributed by atoms with E-state index in [0.29, 0.717) is 13.1 Å². The van der Waals surface area contributed by atoms with Crippen molar-refractivity contribution in [3.8, 4) is 0 Å². The lowest BCUT2D eigenvalue weighted by Crippen LogP contribution is -2.45. The van der Waals surface area contributed by atoms with Gasteiger partial charge in [-0.05, 0) is 39.2 Å². The van der Waals surface area contributed by atoms with E-state index in [-0.39, 0.29) is 11.9 Å². The van der Waals surface area contributed by atoms with Gasteiger partial charge < -0.3 is 10.4 Å². The normalized spacial score (nSPS) is 19.2. The predicted octanol–water partition coefficient (Wildman–Crippen LogP) is 2.55. The van der Waals surface area contributed by atoms with Crippen LogP contribution >= 0.6 is 0 Å². The van der Waals surface area contributed by atoms with Crippen molar-refractivity contribution in [1.82, 2.24) is 10.2 Å². The molecule has 1 fully saturated rings. The number of aliphatic hydroxyl groups is 1. The molecule has 1 unspecified atom stereocenters. The summed E-state index contributed by atoms with van der Waals surface area (Å²) < 4.78 is 0. The van der Waals surface area contributed by atoms with Crippen LogP contribution in [0, 0.1) is 5.92 Å². The topological polar surface area (TPSA) is 52.6 Å². The van der Waals surface area contributed by atoms with Crippen molar-refractivity contribution >= 4 is 5.91 Å². The van der Waals surface area contributed by atoms with Gasteiger partial charge in [-0.25, -0.2) is 0 Å². The SMILES string of the molecule is CC(C)CCCC(C)NC(=O)CN(C)CC1(O)CCCC1. The Hall–Kier alpha value is -0.610. The molecule has 0 aromatic rings. The van der Waals surface area contributed by atoms with E-state index in [9.17, 15) is 9.90 Å². The van der Waals surface area contributed by atoms with Gasteiger partial charge >= 0.3 is 0 Å². The highest BCUT2D eigenvalue weighted by Crippen LogP contribution is 2.29. The molecule has 1 atom stereocenters. The molecule has 1 aliphatic rings. The summed E-state index contributed by atoms with van der Waals surface area (Å²) in [5, 5.41) is 13.4. The number of likely N-dealkylation sites (N-methyl/N-ethyl adjacent to an activating group) is 1. The van der Waals surface area contributed by atoms with Gasteiger partial charge in [-0.3, -0.25) is 9.69 Å². The van der Waals surface area contributed by atoms with Gasteiger partial charge in [0.1, 0.15) is 0 Å². The number of nitrogens with zero attached hydrogens (tertiary/aromatic N) is 1. The summed E-state index contributed by atoms with van der Waals surface area (Å²) in [6, 6.07) is 0.235. The monoisotopic (exact) mass is 298 g/mol. The highest BCUT2D eigenvalue weighted by molar-refractivity contribution is 5.78. The fourth-order valence-corrected chi connectivity index (χ4v) is 3.22. The van der Waals surface area contributed by atoms with Crippen molar-refractivity contribution in [2.24, 2.45) is 5.92 Å². The van der Waals surface area contributed by atoms with E-state index >= 15 is 0 Å². The van der Waals surface area contributed by atoms with Gasteiger partial charge in [0.05, 0.1) is 12.1 Å². The fourth-order valence-electron chi connectivity index (χ4n) is 3.22. The molecule has 0 radical (unpaired) electrons. The highest BCUT2D eigenvalue weighted by atomic mass is 16.3. The van der Waals surface area contributed by atoms with Crippen LogP contribution in [0.2, 0.25) is 0 Å². The minimum Gasteiger partial charge on any atom is -0.389 e. The molecule has 124 valence electrons. The third-order valence-electron chi connectivity index (χ3n) is 4.34. The molecule has 2 N–H and O–H groups in total. The minimum atomic E-state index is -0.572. The number of rotatable bonds is 9. The highest BCUT2D eigenvalue weighted by Gasteiger charge is 2.32. The molecule has 1 aliphatic carbocycles. The van der Waals surface area contributed by atoms with Gasteiger partial charge in [0.25, 0.3) is 0 Å². The first-order valence-electron chi connectivity index (χ1n) is 8.51. The number of carbonyl (C=O) groups excluding carboxylic acids is 1. The minimum absolute atomic E-state index is 0.0659. The van der Waals surface area contributed by atoms with E-state index in [2.05, 4.69) is 26.1 Å². The van der Waals surface area contributed by atoms with Crippen molar-refractivity contribution in [3.63, 3.8) is 0 Å². The van der Waals surface area contributed by atoms with E-state index in [1.807, 2.05) is 11.9 Å². The Morgan fingerprint density at radius 3 is 2.43 bits per heavy atom. The van der Waals surface area contributed by atoms with Gasteiger partial charge in [0.15, 0.2) is 0 Å². The average Bonchev–Trinajstić information content (AvgIpc) is 2.74. The molecule has 0 aromatic carbocycles. The van der Waals surface area contributed by atoms with Crippen molar-refractivity contribution in [3.05, 3.63) is 0 Å². The number of nitrogens with one attached hydrogen (secondary N) is 1. The Kier molecular flexibility index (Phi) is 7.67. The van der Waals surface area contributed by atoms with Crippen molar-refractivity contribution < 1.29 is 9.90 Å². The maximum Gasteiger partial charge on any atom is 0.234 e. The first kappa shape index (κ1) is 18.4. The van der Waals surface area contributed by atoms with Crippen molar-refractivity contribution in [2.75, 3.05) is 20.1 Å². The third-order valence-corrected chi connectivity index (χ3v) is 4.34. The molecule has 4 nitrogen and oxygen atoms in total. The Morgan fingerprint density at radius 1 is 1.24 bits per heavy atom. The van der Waals surface area contributed by atoms with E-state index in [4.69, 9.17) is 0 Å². The van der Waals surface area contributed by atoms with Crippen LogP contribution in [0.15, 0.2) is 0 Å². The molecule has 0 heterocycles. The van der Waals surface area contributed by atoms with Crippen LogP contribution in [0.4, 0.5) is 0 Å². The van der Waals surface area contributed by atoms with Crippen LogP contribution in [0.3, 0.4) is 0 Å². The molecule has 0 aromatic heterocycles. The summed E-state index contributed by atoms with van der Waals surface area (Å²) in [7, 11) is 1.92. The molecular weight excluding hydrogens is 264 g/mol. The lowest BCUT2D eigenvalue weighted by molar-refractivity contribution is -0.123. The Balaban J connectivity index is 2.19. The van der Waals surface area contributed by atoms with E-state index < -0.39 is 5.60 Å². The molecule has 0 spiro atoms. The van der Waals surface area contributed by atoms with Gasteiger partial charge in [-0.2, -0.15) is 0 Å². The smallest absolute Gasteiger partial charge is 0.234 e. The summed E-state index contributed by atoms with van der Waals surface area (Å²) in [4.78, 5) is 14.0. The van der Waals surface area contributed by atoms with Crippen LogP contribution in [0.25, 0.3) is 0 Å². The Morgan fingerprint density at radius 2 is 1.86 bits per heavy atom. The van der Waals surface area contributed by atoms with E-state index in [1.165, 1.54) is 6.42 Å². The Labute approximate surface area is 130 Å². The number of amides is 1. The van der Waals surface area contributed by atoms with Crippen LogP contribution < -0.4 is 5.32 Å². The van der Waals surface area contributed by atoms with Gasteiger partial charge in [-0.15, -0.1) is 0 Å². The van der Waals surface area contributed by atoms with Crippen molar-refractivity contribution in [2.45, 2.75) is 77.4 Å². The summed E-state index contributed by atoms with van der Waals surface area (Å²) in [6.45, 7) is 7.50. The lowest BCUT2D eigenvalue weighted by Gasteiger charge is -2.28. The number of hydrogen-bond acceptors (Lipinski definition) is 3. The van der Waals surface area contributed by atoms with Crippen LogP contribution in [0.1, 0.15) is 65.7 Å². The van der Waals surface area contributed by atoms with Gasteiger partial charge in [0.2, 0.25) is 5.91 Å². The predicted molar refractivity (Wildman–Crippen MR) is 87.2 cm³/mol.